The van der Waals surface area contributed by atoms with Gasteiger partial charge in [-0.1, -0.05) is 84.9 Å². The maximum atomic E-state index is 15.5. The van der Waals surface area contributed by atoms with E-state index in [1.807, 2.05) is 84.9 Å². The van der Waals surface area contributed by atoms with Crippen molar-refractivity contribution < 1.29 is 67.0 Å². The predicted octanol–water partition coefficient (Wildman–Crippen LogP) is 5.18. The summed E-state index contributed by atoms with van der Waals surface area (Å²) in [5.41, 5.74) is 1.85. The number of β-amino-alcohol motifs (C(OH)–C–C–N with tert-alkyl or cyclic N) is 1. The number of methoxy groups -OCH3 is 2. The third kappa shape index (κ3) is 14.2. The van der Waals surface area contributed by atoms with E-state index in [9.17, 15) is 34.4 Å². The molecule has 6 aromatic rings. The molecule has 0 aliphatic carbocycles. The number of alkyl carbamates (subject to hydrolysis) is 1. The second kappa shape index (κ2) is 27.0. The van der Waals surface area contributed by atoms with Crippen molar-refractivity contribution in [3.63, 3.8) is 0 Å². The number of carbonyl (C=O) groups is 3. The number of carbonyl (C=O) groups excluding carboxylic acids is 3. The number of likely N-dealkylation sites (N-methyl/N-ethyl adjacent to an activating group) is 2. The highest BCUT2D eigenvalue weighted by Gasteiger charge is 2.54. The normalized spacial score (nSPS) is 23.2. The van der Waals surface area contributed by atoms with E-state index >= 15 is 4.79 Å². The highest BCUT2D eigenvalue weighted by Crippen LogP contribution is 2.39. The van der Waals surface area contributed by atoms with Gasteiger partial charge in [0, 0.05) is 57.4 Å². The molecule has 4 heterocycles. The lowest BCUT2D eigenvalue weighted by atomic mass is 9.98. The van der Waals surface area contributed by atoms with Gasteiger partial charge in [0.15, 0.2) is 18.4 Å². The Morgan fingerprint density at radius 2 is 1.33 bits per heavy atom. The molecule has 0 radical (unpaired) electrons. The third-order valence-corrected chi connectivity index (χ3v) is 14.6. The smallest absolute Gasteiger partial charge is 0.407 e. The number of nitrogens with one attached hydrogen (secondary N) is 2. The Labute approximate surface area is 471 Å². The minimum atomic E-state index is -1.52. The van der Waals surface area contributed by atoms with Crippen molar-refractivity contribution in [1.29, 1.82) is 0 Å². The van der Waals surface area contributed by atoms with Crippen LogP contribution in [-0.2, 0) is 62.6 Å². The Hall–Kier alpha value is -8.29. The molecule has 23 heteroatoms. The zero-order valence-corrected chi connectivity index (χ0v) is 45.4. The Morgan fingerprint density at radius 3 is 1.90 bits per heavy atom. The Bertz CT molecular complexity index is 3180. The number of esters is 1. The maximum absolute atomic E-state index is 15.5. The monoisotopic (exact) mass is 1130 g/mol. The predicted molar refractivity (Wildman–Crippen MR) is 292 cm³/mol. The van der Waals surface area contributed by atoms with Crippen LogP contribution in [0.5, 0.6) is 11.5 Å². The number of nitro benzene ring substituents is 1. The van der Waals surface area contributed by atoms with Crippen LogP contribution in [0.4, 0.5) is 10.5 Å². The lowest BCUT2D eigenvalue weighted by Crippen LogP contribution is -2.59. The minimum absolute atomic E-state index is 0.0126. The standard InChI is InChI=1S/C59H64N6O17/c1-62-32-44(66)51(57(69)82-53(39-11-7-5-8-12-39)40-13-9-6-10-14-40)63(2)56(68)52(62)55(54-46(77-34-38-19-25-43(75-4)26-20-38)29-49(80-54)64-28-27-48(67)61-58(64)70)81-50-30-45(76-33-37-17-23-42(74-3)24-18-37)47(79-50)31-60-59(71)78-35-36-15-21-41(22-16-36)65(72)73/h5-28,44-47,49-55,66H,29-35H2,1-4H3,(H,60,71)(H,61,67,70)/t44?,45?,46-,47?,49+,50?,51?,52?,54-,55?/m0/s1. The fraction of sp³-hybridized carbons (Fsp3) is 0.373. The molecule has 1 aromatic heterocycles. The summed E-state index contributed by atoms with van der Waals surface area (Å²) < 4.78 is 57.3. The van der Waals surface area contributed by atoms with Crippen molar-refractivity contribution in [2.24, 2.45) is 0 Å². The van der Waals surface area contributed by atoms with E-state index in [-0.39, 0.29) is 51.4 Å². The van der Waals surface area contributed by atoms with Gasteiger partial charge >= 0.3 is 17.8 Å². The molecule has 432 valence electrons. The number of aliphatic hydroxyl groups excluding tert-OH is 1. The molecule has 3 fully saturated rings. The van der Waals surface area contributed by atoms with Gasteiger partial charge in [0.1, 0.15) is 48.7 Å². The van der Waals surface area contributed by atoms with E-state index in [2.05, 4.69) is 10.3 Å². The number of H-pyrrole nitrogens is 1. The summed E-state index contributed by atoms with van der Waals surface area (Å²) in [5, 5.41) is 26.0. The van der Waals surface area contributed by atoms with E-state index in [4.69, 9.17) is 42.6 Å². The molecular weight excluding hydrogens is 1060 g/mol. The van der Waals surface area contributed by atoms with Crippen molar-refractivity contribution in [3.05, 3.63) is 204 Å². The van der Waals surface area contributed by atoms with Gasteiger partial charge in [-0.2, -0.15) is 0 Å². The molecule has 3 aliphatic heterocycles. The van der Waals surface area contributed by atoms with Gasteiger partial charge in [-0.15, -0.1) is 0 Å². The van der Waals surface area contributed by atoms with Crippen molar-refractivity contribution in [1.82, 2.24) is 24.7 Å². The van der Waals surface area contributed by atoms with Crippen molar-refractivity contribution in [3.8, 4) is 11.5 Å². The number of ether oxygens (including phenoxy) is 9. The number of aliphatic hydroxyl groups is 1. The molecule has 3 saturated heterocycles. The number of aromatic nitrogens is 2. The number of hydrogen-bond donors (Lipinski definition) is 3. The van der Waals surface area contributed by atoms with E-state index in [0.717, 1.165) is 16.0 Å². The maximum Gasteiger partial charge on any atom is 0.407 e. The van der Waals surface area contributed by atoms with E-state index in [1.165, 1.54) is 48.1 Å². The Kier molecular flexibility index (Phi) is 19.2. The lowest BCUT2D eigenvalue weighted by Gasteiger charge is -2.38. The van der Waals surface area contributed by atoms with Gasteiger partial charge in [0.2, 0.25) is 5.91 Å². The van der Waals surface area contributed by atoms with Gasteiger partial charge in [-0.3, -0.25) is 34.2 Å². The highest BCUT2D eigenvalue weighted by molar-refractivity contribution is 5.89. The molecule has 3 aliphatic rings. The molecule has 3 N–H and O–H groups in total. The molecule has 7 unspecified atom stereocenters. The lowest BCUT2D eigenvalue weighted by molar-refractivity contribution is -0.384. The molecular formula is C59H64N6O17. The van der Waals surface area contributed by atoms with Crippen molar-refractivity contribution in [2.45, 2.75) is 100.0 Å². The summed E-state index contributed by atoms with van der Waals surface area (Å²) in [4.78, 5) is 84.8. The molecule has 0 bridgehead atoms. The molecule has 5 aromatic carbocycles. The zero-order chi connectivity index (χ0) is 57.9. The molecule has 2 amide bonds. The summed E-state index contributed by atoms with van der Waals surface area (Å²) in [5.74, 6) is -0.298. The van der Waals surface area contributed by atoms with Gasteiger partial charge < -0.3 is 58.0 Å². The van der Waals surface area contributed by atoms with Crippen LogP contribution < -0.4 is 26.0 Å². The minimum Gasteiger partial charge on any atom is -0.497 e. The average molecular weight is 1130 g/mol. The van der Waals surface area contributed by atoms with Gasteiger partial charge in [0.05, 0.1) is 50.7 Å². The van der Waals surface area contributed by atoms with Crippen LogP contribution in [-0.4, -0.2) is 144 Å². The van der Waals surface area contributed by atoms with Crippen LogP contribution in [0.25, 0.3) is 0 Å². The SMILES string of the molecule is COc1ccc(COC2CC(OC(C3C(=O)N(C)C(C(=O)OC(c4ccccc4)c4ccccc4)C(O)CN3C)[C@H]3O[C@@H](n4ccc(=O)[nH]c4=O)C[C@@H]3OCc3ccc(OC)cc3)OC2CNC(=O)OCc2ccc([N+](=O)[O-])cc2)cc1. The number of non-ortho nitro benzene ring substituents is 1. The molecule has 0 spiro atoms. The second-order valence-electron chi connectivity index (χ2n) is 20.0. The fourth-order valence-corrected chi connectivity index (χ4v) is 10.3. The van der Waals surface area contributed by atoms with Crippen molar-refractivity contribution in [2.75, 3.05) is 41.4 Å². The first-order chi connectivity index (χ1) is 39.7. The Balaban J connectivity index is 1.04. The number of amides is 2. The third-order valence-electron chi connectivity index (χ3n) is 14.6. The number of benzene rings is 5. The fourth-order valence-electron chi connectivity index (χ4n) is 10.3. The summed E-state index contributed by atoms with van der Waals surface area (Å²) in [6.45, 7) is -0.495. The average Bonchev–Trinajstić information content (AvgIpc) is 4.30. The van der Waals surface area contributed by atoms with E-state index < -0.39 is 101 Å². The molecule has 10 atom stereocenters. The summed E-state index contributed by atoms with van der Waals surface area (Å²) >= 11 is 0. The van der Waals surface area contributed by atoms with Crippen LogP contribution >= 0.6 is 0 Å². The summed E-state index contributed by atoms with van der Waals surface area (Å²) in [7, 11) is 6.10. The number of nitro groups is 1. The topological polar surface area (TPSA) is 271 Å². The summed E-state index contributed by atoms with van der Waals surface area (Å²) in [6.07, 6.45) is -9.39. The van der Waals surface area contributed by atoms with Crippen LogP contribution in [0.3, 0.4) is 0 Å². The number of nitrogens with zero attached hydrogens (tertiary/aromatic N) is 4. The van der Waals surface area contributed by atoms with Crippen LogP contribution in [0.15, 0.2) is 155 Å². The quantitative estimate of drug-likeness (QED) is 0.0449. The number of aromatic amines is 1. The molecule has 9 rings (SSSR count). The number of hydrogen-bond acceptors (Lipinski definition) is 18. The zero-order valence-electron chi connectivity index (χ0n) is 45.4. The largest absolute Gasteiger partial charge is 0.497 e. The summed E-state index contributed by atoms with van der Waals surface area (Å²) in [6, 6.07) is 36.4. The first-order valence-electron chi connectivity index (χ1n) is 26.5. The Morgan fingerprint density at radius 1 is 0.756 bits per heavy atom. The second-order valence-corrected chi connectivity index (χ2v) is 20.0. The first kappa shape index (κ1) is 58.4. The van der Waals surface area contributed by atoms with Crippen LogP contribution in [0.2, 0.25) is 0 Å². The van der Waals surface area contributed by atoms with Crippen LogP contribution in [0, 0.1) is 10.1 Å². The van der Waals surface area contributed by atoms with E-state index in [0.29, 0.717) is 28.2 Å². The van der Waals surface area contributed by atoms with Gasteiger partial charge in [-0.25, -0.2) is 14.4 Å². The highest BCUT2D eigenvalue weighted by atomic mass is 16.7. The first-order valence-corrected chi connectivity index (χ1v) is 26.5. The number of rotatable bonds is 22. The van der Waals surface area contributed by atoms with E-state index in [1.54, 1.807) is 50.4 Å². The molecule has 23 nitrogen and oxygen atoms in total. The molecule has 0 saturated carbocycles. The van der Waals surface area contributed by atoms with Crippen LogP contribution in [0.1, 0.15) is 53.0 Å². The van der Waals surface area contributed by atoms with Gasteiger partial charge in [0.25, 0.3) is 11.2 Å². The van der Waals surface area contributed by atoms with Crippen molar-refractivity contribution >= 4 is 23.7 Å². The molecule has 82 heavy (non-hydrogen) atoms. The van der Waals surface area contributed by atoms with Gasteiger partial charge in [-0.05, 0) is 71.3 Å².